The Morgan fingerprint density at radius 3 is 2.55 bits per heavy atom. The number of nitrogens with one attached hydrogen (secondary N) is 1. The van der Waals surface area contributed by atoms with E-state index in [-0.39, 0.29) is 24.0 Å². The maximum atomic E-state index is 4.85. The Kier molecular flexibility index (Phi) is 7.62. The Bertz CT molecular complexity index is 918. The maximum absolute atomic E-state index is 4.85. The minimum atomic E-state index is 0. The lowest BCUT2D eigenvalue weighted by atomic mass is 10.3. The summed E-state index contributed by atoms with van der Waals surface area (Å²) in [5, 5.41) is 3.43. The second kappa shape index (κ2) is 10.4. The summed E-state index contributed by atoms with van der Waals surface area (Å²) in [7, 11) is 0. The van der Waals surface area contributed by atoms with Crippen LogP contribution in [-0.2, 0) is 6.54 Å². The third-order valence-corrected chi connectivity index (χ3v) is 4.88. The molecule has 1 N–H and O–H groups in total. The van der Waals surface area contributed by atoms with Gasteiger partial charge in [0.1, 0.15) is 0 Å². The average Bonchev–Trinajstić information content (AvgIpc) is 3.17. The summed E-state index contributed by atoms with van der Waals surface area (Å²) in [5.41, 5.74) is 2.18. The number of anilines is 1. The maximum Gasteiger partial charge on any atom is 0.225 e. The molecule has 0 radical (unpaired) electrons. The van der Waals surface area contributed by atoms with Crippen molar-refractivity contribution in [2.75, 3.05) is 44.2 Å². The van der Waals surface area contributed by atoms with Crippen LogP contribution in [0.15, 0.2) is 54.0 Å². The van der Waals surface area contributed by atoms with E-state index in [9.17, 15) is 0 Å². The van der Waals surface area contributed by atoms with Crippen molar-refractivity contribution in [1.82, 2.24) is 29.7 Å². The molecule has 1 fully saturated rings. The van der Waals surface area contributed by atoms with Crippen molar-refractivity contribution in [3.8, 4) is 0 Å². The number of aliphatic imine (C=N–C) groups is 1. The fourth-order valence-electron chi connectivity index (χ4n) is 3.45. The van der Waals surface area contributed by atoms with E-state index in [1.807, 2.05) is 30.6 Å². The van der Waals surface area contributed by atoms with E-state index in [4.69, 9.17) is 4.99 Å². The lowest BCUT2D eigenvalue weighted by Gasteiger charge is -2.36. The van der Waals surface area contributed by atoms with Crippen LogP contribution in [0.2, 0.25) is 0 Å². The van der Waals surface area contributed by atoms with Crippen LogP contribution >= 0.6 is 24.0 Å². The number of guanidine groups is 1. The Hall–Kier alpha value is -2.43. The third-order valence-electron chi connectivity index (χ3n) is 4.88. The molecule has 2 aromatic heterocycles. The normalized spacial score (nSPS) is 14.7. The molecule has 0 spiro atoms. The summed E-state index contributed by atoms with van der Waals surface area (Å²) in [6.45, 7) is 8.07. The molecule has 154 valence electrons. The zero-order valence-electron chi connectivity index (χ0n) is 16.6. The molecule has 8 nitrogen and oxygen atoms in total. The summed E-state index contributed by atoms with van der Waals surface area (Å²) in [6, 6.07) is 10.0. The molecule has 29 heavy (non-hydrogen) atoms. The predicted octanol–water partition coefficient (Wildman–Crippen LogP) is 2.23. The monoisotopic (exact) mass is 506 g/mol. The highest BCUT2D eigenvalue weighted by Crippen LogP contribution is 2.12. The van der Waals surface area contributed by atoms with Crippen LogP contribution < -0.4 is 10.2 Å². The van der Waals surface area contributed by atoms with Crippen molar-refractivity contribution in [1.29, 1.82) is 0 Å². The number of hydrogen-bond acceptors (Lipinski definition) is 5. The first kappa shape index (κ1) is 21.3. The van der Waals surface area contributed by atoms with Gasteiger partial charge in [0.2, 0.25) is 5.95 Å². The number of benzene rings is 1. The van der Waals surface area contributed by atoms with Crippen LogP contribution in [0.1, 0.15) is 6.92 Å². The van der Waals surface area contributed by atoms with E-state index in [1.165, 1.54) is 0 Å². The van der Waals surface area contributed by atoms with Gasteiger partial charge in [-0.1, -0.05) is 12.1 Å². The molecule has 9 heteroatoms. The van der Waals surface area contributed by atoms with Crippen LogP contribution in [0.5, 0.6) is 0 Å². The van der Waals surface area contributed by atoms with Gasteiger partial charge in [0.25, 0.3) is 0 Å². The first-order chi connectivity index (χ1) is 13.8. The highest BCUT2D eigenvalue weighted by Gasteiger charge is 2.20. The Balaban J connectivity index is 0.00000240. The van der Waals surface area contributed by atoms with Crippen molar-refractivity contribution in [2.24, 2.45) is 4.99 Å². The molecule has 0 unspecified atom stereocenters. The molecule has 0 atom stereocenters. The fourth-order valence-corrected chi connectivity index (χ4v) is 3.45. The summed E-state index contributed by atoms with van der Waals surface area (Å²) < 4.78 is 2.16. The van der Waals surface area contributed by atoms with Gasteiger partial charge in [0, 0.05) is 51.7 Å². The largest absolute Gasteiger partial charge is 0.357 e. The quantitative estimate of drug-likeness (QED) is 0.325. The minimum absolute atomic E-state index is 0. The van der Waals surface area contributed by atoms with Crippen molar-refractivity contribution in [3.63, 3.8) is 0 Å². The molecule has 0 amide bonds. The van der Waals surface area contributed by atoms with Gasteiger partial charge >= 0.3 is 0 Å². The SMILES string of the molecule is CCNC(=NCCn1cnc2ccccc21)N1CCN(c2ncccn2)CC1.I. The minimum Gasteiger partial charge on any atom is -0.357 e. The van der Waals surface area contributed by atoms with Gasteiger partial charge in [-0.2, -0.15) is 0 Å². The number of hydrogen-bond donors (Lipinski definition) is 1. The van der Waals surface area contributed by atoms with Crippen LogP contribution in [0.3, 0.4) is 0 Å². The number of imidazole rings is 1. The number of nitrogens with zero attached hydrogens (tertiary/aromatic N) is 7. The van der Waals surface area contributed by atoms with Crippen molar-refractivity contribution >= 4 is 46.9 Å². The Labute approximate surface area is 188 Å². The van der Waals surface area contributed by atoms with Crippen LogP contribution in [0.4, 0.5) is 5.95 Å². The molecule has 3 aromatic rings. The molecule has 0 bridgehead atoms. The van der Waals surface area contributed by atoms with Gasteiger partial charge in [0.05, 0.1) is 23.9 Å². The van der Waals surface area contributed by atoms with Crippen molar-refractivity contribution in [2.45, 2.75) is 13.5 Å². The average molecular weight is 506 g/mol. The number of rotatable bonds is 5. The molecule has 1 aromatic carbocycles. The van der Waals surface area contributed by atoms with Crippen LogP contribution in [0.25, 0.3) is 11.0 Å². The van der Waals surface area contributed by atoms with Crippen LogP contribution in [0, 0.1) is 0 Å². The highest BCUT2D eigenvalue weighted by atomic mass is 127. The van der Waals surface area contributed by atoms with Gasteiger partial charge in [-0.05, 0) is 25.1 Å². The summed E-state index contributed by atoms with van der Waals surface area (Å²) in [6.07, 6.45) is 5.48. The highest BCUT2D eigenvalue weighted by molar-refractivity contribution is 14.0. The third kappa shape index (κ3) is 5.14. The van der Waals surface area contributed by atoms with Gasteiger partial charge < -0.3 is 19.7 Å². The van der Waals surface area contributed by atoms with E-state index in [1.54, 1.807) is 12.4 Å². The van der Waals surface area contributed by atoms with E-state index >= 15 is 0 Å². The summed E-state index contributed by atoms with van der Waals surface area (Å²) in [5.74, 6) is 1.77. The van der Waals surface area contributed by atoms with Gasteiger partial charge in [-0.15, -0.1) is 24.0 Å². The van der Waals surface area contributed by atoms with E-state index in [0.29, 0.717) is 6.54 Å². The molecule has 1 aliphatic heterocycles. The molecule has 0 saturated carbocycles. The fraction of sp³-hybridized carbons (Fsp3) is 0.400. The second-order valence-corrected chi connectivity index (χ2v) is 6.69. The van der Waals surface area contributed by atoms with E-state index in [2.05, 4.69) is 47.6 Å². The second-order valence-electron chi connectivity index (χ2n) is 6.69. The zero-order valence-corrected chi connectivity index (χ0v) is 18.9. The van der Waals surface area contributed by atoms with Gasteiger partial charge in [-0.25, -0.2) is 15.0 Å². The van der Waals surface area contributed by atoms with Crippen molar-refractivity contribution in [3.05, 3.63) is 49.1 Å². The number of fused-ring (bicyclic) bond motifs is 1. The van der Waals surface area contributed by atoms with E-state index in [0.717, 1.165) is 62.2 Å². The molecule has 3 heterocycles. The zero-order chi connectivity index (χ0) is 19.2. The van der Waals surface area contributed by atoms with Gasteiger partial charge in [0.15, 0.2) is 5.96 Å². The molecule has 1 aliphatic rings. The lowest BCUT2D eigenvalue weighted by molar-refractivity contribution is 0.370. The Morgan fingerprint density at radius 1 is 1.03 bits per heavy atom. The molecule has 0 aliphatic carbocycles. The number of para-hydroxylation sites is 2. The molecular weight excluding hydrogens is 479 g/mol. The molecule has 1 saturated heterocycles. The number of piperazine rings is 1. The molecule has 4 rings (SSSR count). The first-order valence-corrected chi connectivity index (χ1v) is 9.80. The smallest absolute Gasteiger partial charge is 0.225 e. The van der Waals surface area contributed by atoms with Gasteiger partial charge in [-0.3, -0.25) is 4.99 Å². The Morgan fingerprint density at radius 2 is 1.79 bits per heavy atom. The number of aromatic nitrogens is 4. The summed E-state index contributed by atoms with van der Waals surface area (Å²) in [4.78, 5) is 22.5. The summed E-state index contributed by atoms with van der Waals surface area (Å²) >= 11 is 0. The topological polar surface area (TPSA) is 74.5 Å². The lowest BCUT2D eigenvalue weighted by Crippen LogP contribution is -2.53. The number of halogens is 1. The van der Waals surface area contributed by atoms with E-state index < -0.39 is 0 Å². The first-order valence-electron chi connectivity index (χ1n) is 9.80. The predicted molar refractivity (Wildman–Crippen MR) is 127 cm³/mol. The van der Waals surface area contributed by atoms with Crippen molar-refractivity contribution < 1.29 is 0 Å². The molecular formula is C20H27IN8. The standard InChI is InChI=1S/C20H26N8.HI/c1-2-21-19(24-10-11-28-16-25-17-6-3-4-7-18(17)28)26-12-14-27(15-13-26)20-22-8-5-9-23-20;/h3-9,16H,2,10-15H2,1H3,(H,21,24);1H. The van der Waals surface area contributed by atoms with Crippen LogP contribution in [-0.4, -0.2) is 69.6 Å².